The minimum atomic E-state index is -0.499. The fourth-order valence-electron chi connectivity index (χ4n) is 2.11. The molecule has 0 aliphatic heterocycles. The minimum Gasteiger partial charge on any atom is -0.481 e. The van der Waals surface area contributed by atoms with Crippen LogP contribution in [0.5, 0.6) is 5.75 Å². The summed E-state index contributed by atoms with van der Waals surface area (Å²) in [5.74, 6) is 0.674. The van der Waals surface area contributed by atoms with Gasteiger partial charge in [0.15, 0.2) is 6.10 Å². The lowest BCUT2D eigenvalue weighted by Gasteiger charge is -2.18. The van der Waals surface area contributed by atoms with Crippen LogP contribution in [0.3, 0.4) is 0 Å². The van der Waals surface area contributed by atoms with E-state index in [0.29, 0.717) is 6.54 Å². The van der Waals surface area contributed by atoms with E-state index < -0.39 is 6.10 Å². The van der Waals surface area contributed by atoms with E-state index in [1.807, 2.05) is 31.2 Å². The number of amides is 1. The summed E-state index contributed by atoms with van der Waals surface area (Å²) in [5, 5.41) is 2.91. The van der Waals surface area contributed by atoms with Gasteiger partial charge in [-0.3, -0.25) is 4.79 Å². The van der Waals surface area contributed by atoms with Crippen LogP contribution >= 0.6 is 0 Å². The standard InChI is InChI=1S/C17H28N2O2/c1-4-5-8-11-19-17(20)14(3)21-16-10-7-6-9-15(16)12-13(2)18/h6-7,9-10,13-14H,4-5,8,11-12,18H2,1-3H3,(H,19,20). The van der Waals surface area contributed by atoms with Gasteiger partial charge in [0.2, 0.25) is 0 Å². The topological polar surface area (TPSA) is 64.3 Å². The maximum atomic E-state index is 12.0. The second-order valence-corrected chi connectivity index (χ2v) is 5.55. The van der Waals surface area contributed by atoms with Crippen LogP contribution in [0.25, 0.3) is 0 Å². The molecule has 0 aliphatic carbocycles. The molecule has 0 saturated heterocycles. The van der Waals surface area contributed by atoms with E-state index in [2.05, 4.69) is 12.2 Å². The third-order valence-electron chi connectivity index (χ3n) is 3.27. The Labute approximate surface area is 128 Å². The highest BCUT2D eigenvalue weighted by atomic mass is 16.5. The highest BCUT2D eigenvalue weighted by Gasteiger charge is 2.16. The quantitative estimate of drug-likeness (QED) is 0.688. The van der Waals surface area contributed by atoms with Crippen molar-refractivity contribution >= 4 is 5.91 Å². The van der Waals surface area contributed by atoms with E-state index in [1.54, 1.807) is 6.92 Å². The molecule has 0 aliphatic rings. The number of hydrogen-bond acceptors (Lipinski definition) is 3. The lowest BCUT2D eigenvalue weighted by Crippen LogP contribution is -2.37. The van der Waals surface area contributed by atoms with E-state index in [9.17, 15) is 4.79 Å². The molecule has 1 aromatic rings. The highest BCUT2D eigenvalue weighted by molar-refractivity contribution is 5.80. The highest BCUT2D eigenvalue weighted by Crippen LogP contribution is 2.20. The molecule has 2 atom stereocenters. The predicted molar refractivity (Wildman–Crippen MR) is 86.4 cm³/mol. The third kappa shape index (κ3) is 6.63. The molecule has 0 spiro atoms. The Kier molecular flexibility index (Phi) is 7.83. The fraction of sp³-hybridized carbons (Fsp3) is 0.588. The molecule has 1 rings (SSSR count). The summed E-state index contributed by atoms with van der Waals surface area (Å²) in [4.78, 5) is 12.0. The van der Waals surface area contributed by atoms with Gasteiger partial charge >= 0.3 is 0 Å². The summed E-state index contributed by atoms with van der Waals surface area (Å²) in [6.07, 6.45) is 3.53. The van der Waals surface area contributed by atoms with Gasteiger partial charge in [-0.15, -0.1) is 0 Å². The van der Waals surface area contributed by atoms with Crippen molar-refractivity contribution in [2.45, 2.75) is 58.6 Å². The summed E-state index contributed by atoms with van der Waals surface area (Å²) in [6, 6.07) is 7.81. The normalized spacial score (nSPS) is 13.5. The largest absolute Gasteiger partial charge is 0.481 e. The molecule has 1 amide bonds. The summed E-state index contributed by atoms with van der Waals surface area (Å²) in [6.45, 7) is 6.59. The maximum absolute atomic E-state index is 12.0. The van der Waals surface area contributed by atoms with Gasteiger partial charge in [0.1, 0.15) is 5.75 Å². The first-order chi connectivity index (χ1) is 10.0. The molecule has 21 heavy (non-hydrogen) atoms. The molecule has 4 nitrogen and oxygen atoms in total. The van der Waals surface area contributed by atoms with Crippen LogP contribution in [-0.4, -0.2) is 24.6 Å². The molecule has 0 aromatic heterocycles. The Morgan fingerprint density at radius 1 is 1.29 bits per heavy atom. The molecule has 0 fully saturated rings. The number of ether oxygens (including phenoxy) is 1. The number of hydrogen-bond donors (Lipinski definition) is 2. The van der Waals surface area contributed by atoms with Crippen molar-refractivity contribution in [1.82, 2.24) is 5.32 Å². The van der Waals surface area contributed by atoms with E-state index in [-0.39, 0.29) is 11.9 Å². The van der Waals surface area contributed by atoms with Crippen LogP contribution in [0.1, 0.15) is 45.6 Å². The van der Waals surface area contributed by atoms with Crippen molar-refractivity contribution in [2.75, 3.05) is 6.54 Å². The van der Waals surface area contributed by atoms with Gasteiger partial charge in [0.05, 0.1) is 0 Å². The first-order valence-electron chi connectivity index (χ1n) is 7.82. The average molecular weight is 292 g/mol. The molecular formula is C17H28N2O2. The number of nitrogens with one attached hydrogen (secondary N) is 1. The Bertz CT molecular complexity index is 433. The van der Waals surface area contributed by atoms with E-state index >= 15 is 0 Å². The van der Waals surface area contributed by atoms with Crippen LogP contribution in [0.15, 0.2) is 24.3 Å². The zero-order valence-corrected chi connectivity index (χ0v) is 13.4. The third-order valence-corrected chi connectivity index (χ3v) is 3.27. The van der Waals surface area contributed by atoms with Crippen molar-refractivity contribution in [2.24, 2.45) is 5.73 Å². The van der Waals surface area contributed by atoms with Crippen LogP contribution in [0, 0.1) is 0 Å². The first kappa shape index (κ1) is 17.5. The Balaban J connectivity index is 2.53. The number of benzene rings is 1. The molecule has 4 heteroatoms. The maximum Gasteiger partial charge on any atom is 0.260 e. The van der Waals surface area contributed by atoms with Gasteiger partial charge in [-0.05, 0) is 38.3 Å². The zero-order chi connectivity index (χ0) is 15.7. The summed E-state index contributed by atoms with van der Waals surface area (Å²) in [5.41, 5.74) is 6.88. The second kappa shape index (κ2) is 9.40. The second-order valence-electron chi connectivity index (χ2n) is 5.55. The molecular weight excluding hydrogens is 264 g/mol. The van der Waals surface area contributed by atoms with Gasteiger partial charge in [-0.25, -0.2) is 0 Å². The number of rotatable bonds is 9. The number of carbonyl (C=O) groups is 1. The molecule has 1 aromatic carbocycles. The smallest absolute Gasteiger partial charge is 0.260 e. The predicted octanol–water partition coefficient (Wildman–Crippen LogP) is 2.65. The van der Waals surface area contributed by atoms with Gasteiger partial charge in [0, 0.05) is 12.6 Å². The van der Waals surface area contributed by atoms with Gasteiger partial charge in [-0.2, -0.15) is 0 Å². The zero-order valence-electron chi connectivity index (χ0n) is 13.4. The average Bonchev–Trinajstić information content (AvgIpc) is 2.45. The number of nitrogens with two attached hydrogens (primary N) is 1. The van der Waals surface area contributed by atoms with Crippen LogP contribution in [0.2, 0.25) is 0 Å². The van der Waals surface area contributed by atoms with E-state index in [4.69, 9.17) is 10.5 Å². The van der Waals surface area contributed by atoms with E-state index in [1.165, 1.54) is 0 Å². The van der Waals surface area contributed by atoms with E-state index in [0.717, 1.165) is 37.0 Å². The van der Waals surface area contributed by atoms with Gasteiger partial charge in [-0.1, -0.05) is 38.0 Å². The van der Waals surface area contributed by atoms with Gasteiger partial charge < -0.3 is 15.8 Å². The summed E-state index contributed by atoms with van der Waals surface area (Å²) >= 11 is 0. The van der Waals surface area contributed by atoms with Crippen molar-refractivity contribution in [1.29, 1.82) is 0 Å². The van der Waals surface area contributed by atoms with Crippen molar-refractivity contribution in [3.8, 4) is 5.75 Å². The minimum absolute atomic E-state index is 0.0629. The molecule has 0 bridgehead atoms. The lowest BCUT2D eigenvalue weighted by molar-refractivity contribution is -0.127. The number of carbonyl (C=O) groups excluding carboxylic acids is 1. The monoisotopic (exact) mass is 292 g/mol. The van der Waals surface area contributed by atoms with Crippen molar-refractivity contribution in [3.05, 3.63) is 29.8 Å². The molecule has 0 heterocycles. The SMILES string of the molecule is CCCCCNC(=O)C(C)Oc1ccccc1CC(C)N. The van der Waals surface area contributed by atoms with Crippen molar-refractivity contribution in [3.63, 3.8) is 0 Å². The summed E-state index contributed by atoms with van der Waals surface area (Å²) < 4.78 is 5.80. The van der Waals surface area contributed by atoms with Crippen LogP contribution in [0.4, 0.5) is 0 Å². The Morgan fingerprint density at radius 2 is 2.00 bits per heavy atom. The number of para-hydroxylation sites is 1. The Morgan fingerprint density at radius 3 is 2.67 bits per heavy atom. The number of unbranched alkanes of at least 4 members (excludes halogenated alkanes) is 2. The molecule has 118 valence electrons. The fourth-order valence-corrected chi connectivity index (χ4v) is 2.11. The Hall–Kier alpha value is -1.55. The molecule has 2 unspecified atom stereocenters. The first-order valence-corrected chi connectivity index (χ1v) is 7.82. The molecule has 0 radical (unpaired) electrons. The molecule has 0 saturated carbocycles. The lowest BCUT2D eigenvalue weighted by atomic mass is 10.1. The van der Waals surface area contributed by atoms with Gasteiger partial charge in [0.25, 0.3) is 5.91 Å². The summed E-state index contributed by atoms with van der Waals surface area (Å²) in [7, 11) is 0. The van der Waals surface area contributed by atoms with Crippen molar-refractivity contribution < 1.29 is 9.53 Å². The van der Waals surface area contributed by atoms with Crippen LogP contribution in [-0.2, 0) is 11.2 Å². The molecule has 3 N–H and O–H groups in total. The van der Waals surface area contributed by atoms with Crippen LogP contribution < -0.4 is 15.8 Å².